The van der Waals surface area contributed by atoms with Gasteiger partial charge in [-0.3, -0.25) is 0 Å². The molecule has 1 aliphatic carbocycles. The van der Waals surface area contributed by atoms with Crippen molar-refractivity contribution in [3.63, 3.8) is 0 Å². The van der Waals surface area contributed by atoms with Crippen molar-refractivity contribution in [1.29, 1.82) is 0 Å². The lowest BCUT2D eigenvalue weighted by Crippen LogP contribution is -2.49. The summed E-state index contributed by atoms with van der Waals surface area (Å²) in [5, 5.41) is 0. The Kier molecular flexibility index (Phi) is 3.52. The second-order valence-corrected chi connectivity index (χ2v) is 5.13. The highest BCUT2D eigenvalue weighted by molar-refractivity contribution is 5.50. The number of hydrazine groups is 1. The molecule has 3 N–H and O–H groups in total. The standard InChI is InChI=1S/C13H21N5O/c1-2-11-15-12(17-14)8-13(16-11)18-6-7-19-10-5-3-4-9(10)18/h8-10H,2-7,14H2,1H3,(H,15,16,17). The first-order valence-electron chi connectivity index (χ1n) is 7.04. The number of morpholine rings is 1. The smallest absolute Gasteiger partial charge is 0.145 e. The fourth-order valence-corrected chi connectivity index (χ4v) is 3.07. The van der Waals surface area contributed by atoms with Crippen molar-refractivity contribution in [3.05, 3.63) is 11.9 Å². The molecule has 2 unspecified atom stereocenters. The van der Waals surface area contributed by atoms with Crippen LogP contribution in [0.25, 0.3) is 0 Å². The van der Waals surface area contributed by atoms with Crippen molar-refractivity contribution in [2.45, 2.75) is 44.8 Å². The van der Waals surface area contributed by atoms with Crippen molar-refractivity contribution in [3.8, 4) is 0 Å². The second kappa shape index (κ2) is 5.30. The highest BCUT2D eigenvalue weighted by atomic mass is 16.5. The predicted molar refractivity (Wildman–Crippen MR) is 73.9 cm³/mol. The van der Waals surface area contributed by atoms with Crippen LogP contribution in [-0.2, 0) is 11.2 Å². The Balaban J connectivity index is 1.91. The van der Waals surface area contributed by atoms with Gasteiger partial charge in [-0.25, -0.2) is 15.8 Å². The van der Waals surface area contributed by atoms with Crippen LogP contribution in [0.15, 0.2) is 6.07 Å². The molecule has 104 valence electrons. The van der Waals surface area contributed by atoms with E-state index in [0.717, 1.165) is 37.6 Å². The maximum absolute atomic E-state index is 5.84. The fraction of sp³-hybridized carbons (Fsp3) is 0.692. The lowest BCUT2D eigenvalue weighted by molar-refractivity contribution is 0.0253. The third-order valence-corrected chi connectivity index (χ3v) is 4.00. The molecule has 1 aromatic heterocycles. The molecule has 3 rings (SSSR count). The van der Waals surface area contributed by atoms with E-state index in [1.807, 2.05) is 6.07 Å². The van der Waals surface area contributed by atoms with E-state index in [1.165, 1.54) is 12.8 Å². The van der Waals surface area contributed by atoms with Gasteiger partial charge >= 0.3 is 0 Å². The van der Waals surface area contributed by atoms with E-state index in [1.54, 1.807) is 0 Å². The molecule has 6 nitrogen and oxygen atoms in total. The number of fused-ring (bicyclic) bond motifs is 1. The van der Waals surface area contributed by atoms with Gasteiger partial charge in [0, 0.05) is 19.0 Å². The summed E-state index contributed by atoms with van der Waals surface area (Å²) >= 11 is 0. The van der Waals surface area contributed by atoms with E-state index < -0.39 is 0 Å². The molecule has 2 fully saturated rings. The van der Waals surface area contributed by atoms with Crippen molar-refractivity contribution in [2.24, 2.45) is 5.84 Å². The molecule has 1 aliphatic heterocycles. The Morgan fingerprint density at radius 3 is 3.16 bits per heavy atom. The Labute approximate surface area is 113 Å². The van der Waals surface area contributed by atoms with E-state index in [-0.39, 0.29) is 0 Å². The van der Waals surface area contributed by atoms with E-state index in [4.69, 9.17) is 10.6 Å². The molecule has 2 atom stereocenters. The molecule has 19 heavy (non-hydrogen) atoms. The number of anilines is 2. The van der Waals surface area contributed by atoms with Crippen LogP contribution in [0, 0.1) is 0 Å². The summed E-state index contributed by atoms with van der Waals surface area (Å²) in [6, 6.07) is 2.39. The van der Waals surface area contributed by atoms with Crippen LogP contribution in [0.2, 0.25) is 0 Å². The summed E-state index contributed by atoms with van der Waals surface area (Å²) in [5.74, 6) is 7.98. The Morgan fingerprint density at radius 2 is 2.37 bits per heavy atom. The maximum Gasteiger partial charge on any atom is 0.145 e. The third-order valence-electron chi connectivity index (χ3n) is 4.00. The topological polar surface area (TPSA) is 76.3 Å². The Hall–Kier alpha value is -1.40. The van der Waals surface area contributed by atoms with Gasteiger partial charge in [0.25, 0.3) is 0 Å². The molecular weight excluding hydrogens is 242 g/mol. The van der Waals surface area contributed by atoms with E-state index in [2.05, 4.69) is 27.2 Å². The highest BCUT2D eigenvalue weighted by Gasteiger charge is 2.36. The minimum Gasteiger partial charge on any atom is -0.374 e. The number of nitrogens with one attached hydrogen (secondary N) is 1. The molecule has 2 heterocycles. The van der Waals surface area contributed by atoms with Gasteiger partial charge in [-0.2, -0.15) is 0 Å². The van der Waals surface area contributed by atoms with Crippen LogP contribution >= 0.6 is 0 Å². The minimum absolute atomic E-state index is 0.364. The van der Waals surface area contributed by atoms with Gasteiger partial charge in [-0.05, 0) is 19.3 Å². The number of nitrogen functional groups attached to an aromatic ring is 1. The number of hydrogen-bond donors (Lipinski definition) is 2. The van der Waals surface area contributed by atoms with Gasteiger partial charge in [0.15, 0.2) is 0 Å². The van der Waals surface area contributed by atoms with Crippen LogP contribution in [0.3, 0.4) is 0 Å². The fourth-order valence-electron chi connectivity index (χ4n) is 3.07. The SMILES string of the molecule is CCc1nc(NN)cc(N2CCOC3CCCC32)n1. The molecule has 1 aromatic rings. The maximum atomic E-state index is 5.84. The molecule has 0 spiro atoms. The molecule has 6 heteroatoms. The summed E-state index contributed by atoms with van der Waals surface area (Å²) < 4.78 is 5.84. The van der Waals surface area contributed by atoms with Gasteiger partial charge in [-0.1, -0.05) is 6.92 Å². The largest absolute Gasteiger partial charge is 0.374 e. The lowest BCUT2D eigenvalue weighted by Gasteiger charge is -2.38. The molecular formula is C13H21N5O. The highest BCUT2D eigenvalue weighted by Crippen LogP contribution is 2.32. The first kappa shape index (κ1) is 12.6. The Bertz CT molecular complexity index is 430. The average Bonchev–Trinajstić information content (AvgIpc) is 2.94. The number of nitrogens with two attached hydrogens (primary N) is 1. The van der Waals surface area contributed by atoms with Gasteiger partial charge < -0.3 is 15.1 Å². The average molecular weight is 263 g/mol. The summed E-state index contributed by atoms with van der Waals surface area (Å²) in [7, 11) is 0. The molecule has 0 radical (unpaired) electrons. The summed E-state index contributed by atoms with van der Waals surface area (Å²) in [5.41, 5.74) is 2.63. The second-order valence-electron chi connectivity index (χ2n) is 5.13. The zero-order valence-corrected chi connectivity index (χ0v) is 11.3. The number of ether oxygens (including phenoxy) is 1. The first-order chi connectivity index (χ1) is 9.31. The van der Waals surface area contributed by atoms with Crippen molar-refractivity contribution < 1.29 is 4.74 Å². The van der Waals surface area contributed by atoms with Crippen LogP contribution in [-0.4, -0.2) is 35.3 Å². The van der Waals surface area contributed by atoms with Gasteiger partial charge in [0.1, 0.15) is 17.5 Å². The van der Waals surface area contributed by atoms with E-state index in [9.17, 15) is 0 Å². The van der Waals surface area contributed by atoms with E-state index >= 15 is 0 Å². The van der Waals surface area contributed by atoms with Crippen molar-refractivity contribution >= 4 is 11.6 Å². The quantitative estimate of drug-likeness (QED) is 0.628. The van der Waals surface area contributed by atoms with Crippen molar-refractivity contribution in [1.82, 2.24) is 9.97 Å². The van der Waals surface area contributed by atoms with Gasteiger partial charge in [0.05, 0.1) is 18.8 Å². The van der Waals surface area contributed by atoms with Gasteiger partial charge in [-0.15, -0.1) is 0 Å². The Morgan fingerprint density at radius 1 is 1.47 bits per heavy atom. The number of rotatable bonds is 3. The van der Waals surface area contributed by atoms with Crippen LogP contribution in [0.4, 0.5) is 11.6 Å². The summed E-state index contributed by atoms with van der Waals surface area (Å²) in [6.07, 6.45) is 4.75. The third kappa shape index (κ3) is 2.37. The summed E-state index contributed by atoms with van der Waals surface area (Å²) in [6.45, 7) is 3.72. The van der Waals surface area contributed by atoms with Crippen LogP contribution in [0.5, 0.6) is 0 Å². The summed E-state index contributed by atoms with van der Waals surface area (Å²) in [4.78, 5) is 11.4. The molecule has 1 saturated carbocycles. The first-order valence-corrected chi connectivity index (χ1v) is 7.04. The normalized spacial score (nSPS) is 26.3. The van der Waals surface area contributed by atoms with Crippen molar-refractivity contribution in [2.75, 3.05) is 23.5 Å². The lowest BCUT2D eigenvalue weighted by atomic mass is 10.1. The number of nitrogens with zero attached hydrogens (tertiary/aromatic N) is 3. The van der Waals surface area contributed by atoms with E-state index in [0.29, 0.717) is 18.0 Å². The van der Waals surface area contributed by atoms with Gasteiger partial charge in [0.2, 0.25) is 0 Å². The number of aromatic nitrogens is 2. The molecule has 0 aromatic carbocycles. The minimum atomic E-state index is 0.364. The molecule has 0 bridgehead atoms. The molecule has 0 amide bonds. The van der Waals surface area contributed by atoms with Crippen LogP contribution < -0.4 is 16.2 Å². The zero-order chi connectivity index (χ0) is 13.2. The van der Waals surface area contributed by atoms with Crippen LogP contribution in [0.1, 0.15) is 32.0 Å². The predicted octanol–water partition coefficient (Wildman–Crippen LogP) is 1.08. The monoisotopic (exact) mass is 263 g/mol. The molecule has 2 aliphatic rings. The zero-order valence-electron chi connectivity index (χ0n) is 11.3. The molecule has 1 saturated heterocycles. The number of hydrogen-bond acceptors (Lipinski definition) is 6. The number of aryl methyl sites for hydroxylation is 1.